The van der Waals surface area contributed by atoms with Gasteiger partial charge in [-0.05, 0) is 48.9 Å². The molecule has 1 fully saturated rings. The van der Waals surface area contributed by atoms with E-state index in [-0.39, 0.29) is 11.9 Å². The molecule has 1 aromatic rings. The van der Waals surface area contributed by atoms with E-state index >= 15 is 0 Å². The van der Waals surface area contributed by atoms with Crippen LogP contribution in [0.15, 0.2) is 24.3 Å². The molecule has 0 aliphatic heterocycles. The Hall–Kier alpha value is -1.84. The average molecular weight is 274 g/mol. The van der Waals surface area contributed by atoms with Crippen molar-refractivity contribution in [2.24, 2.45) is 17.6 Å². The van der Waals surface area contributed by atoms with Crippen LogP contribution < -0.4 is 11.1 Å². The minimum absolute atomic E-state index is 0.0772. The van der Waals surface area contributed by atoms with Gasteiger partial charge in [-0.2, -0.15) is 0 Å². The van der Waals surface area contributed by atoms with Crippen LogP contribution in [0.5, 0.6) is 0 Å². The Labute approximate surface area is 119 Å². The average Bonchev–Trinajstić information content (AvgIpc) is 2.43. The number of benzene rings is 1. The predicted molar refractivity (Wildman–Crippen MR) is 78.4 cm³/mol. The number of hydrogen-bond acceptors (Lipinski definition) is 2. The van der Waals surface area contributed by atoms with Crippen LogP contribution in [0.1, 0.15) is 53.8 Å². The van der Waals surface area contributed by atoms with Crippen molar-refractivity contribution in [3.63, 3.8) is 0 Å². The Morgan fingerprint density at radius 2 is 1.55 bits per heavy atom. The van der Waals surface area contributed by atoms with Gasteiger partial charge >= 0.3 is 0 Å². The Morgan fingerprint density at radius 3 is 2.05 bits per heavy atom. The van der Waals surface area contributed by atoms with Crippen molar-refractivity contribution in [2.75, 3.05) is 0 Å². The summed E-state index contributed by atoms with van der Waals surface area (Å²) >= 11 is 0. The molecule has 1 saturated carbocycles. The minimum Gasteiger partial charge on any atom is -0.366 e. The fraction of sp³-hybridized carbons (Fsp3) is 0.500. The van der Waals surface area contributed by atoms with Crippen LogP contribution in [-0.2, 0) is 0 Å². The van der Waals surface area contributed by atoms with E-state index in [2.05, 4.69) is 19.2 Å². The maximum absolute atomic E-state index is 12.3. The molecule has 108 valence electrons. The summed E-state index contributed by atoms with van der Waals surface area (Å²) in [6.07, 6.45) is 3.56. The van der Waals surface area contributed by atoms with E-state index in [0.717, 1.165) is 12.8 Å². The van der Waals surface area contributed by atoms with Crippen molar-refractivity contribution in [1.82, 2.24) is 5.32 Å². The fourth-order valence-corrected chi connectivity index (χ4v) is 2.99. The number of carbonyl (C=O) groups excluding carboxylic acids is 2. The topological polar surface area (TPSA) is 72.2 Å². The molecule has 0 unspecified atom stereocenters. The summed E-state index contributed by atoms with van der Waals surface area (Å²) in [6, 6.07) is 6.70. The molecule has 1 aliphatic rings. The van der Waals surface area contributed by atoms with Crippen LogP contribution in [0.3, 0.4) is 0 Å². The molecule has 0 aromatic heterocycles. The Kier molecular flexibility index (Phi) is 4.42. The largest absolute Gasteiger partial charge is 0.366 e. The van der Waals surface area contributed by atoms with Crippen molar-refractivity contribution < 1.29 is 9.59 Å². The molecular weight excluding hydrogens is 252 g/mol. The summed E-state index contributed by atoms with van der Waals surface area (Å²) in [6.45, 7) is 4.38. The molecule has 0 bridgehead atoms. The van der Waals surface area contributed by atoms with Crippen LogP contribution in [0.25, 0.3) is 0 Å². The van der Waals surface area contributed by atoms with Crippen LogP contribution >= 0.6 is 0 Å². The lowest BCUT2D eigenvalue weighted by atomic mass is 9.78. The molecule has 20 heavy (non-hydrogen) atoms. The van der Waals surface area contributed by atoms with Gasteiger partial charge in [-0.3, -0.25) is 9.59 Å². The number of primary amides is 1. The standard InChI is InChI=1S/C16H22N2O2/c1-10-4-3-5-11(2)14(10)18-16(20)13-8-6-12(7-9-13)15(17)19/h6-11,14H,3-5H2,1-2H3,(H2,17,19)(H,18,20)/t10-,11-/m1/s1. The Bertz CT molecular complexity index is 486. The zero-order valence-electron chi connectivity index (χ0n) is 12.1. The molecule has 1 aromatic carbocycles. The highest BCUT2D eigenvalue weighted by atomic mass is 16.2. The highest BCUT2D eigenvalue weighted by Gasteiger charge is 2.29. The zero-order valence-corrected chi connectivity index (χ0v) is 12.1. The molecule has 2 rings (SSSR count). The van der Waals surface area contributed by atoms with E-state index < -0.39 is 5.91 Å². The molecule has 2 atom stereocenters. The van der Waals surface area contributed by atoms with Gasteiger partial charge in [-0.15, -0.1) is 0 Å². The number of nitrogens with one attached hydrogen (secondary N) is 1. The molecule has 0 spiro atoms. The van der Waals surface area contributed by atoms with Crippen LogP contribution in [0.2, 0.25) is 0 Å². The summed E-state index contributed by atoms with van der Waals surface area (Å²) in [5.41, 5.74) is 6.17. The molecule has 4 heteroatoms. The SMILES string of the molecule is C[C@@H]1CCC[C@@H](C)C1NC(=O)c1ccc(C(N)=O)cc1. The van der Waals surface area contributed by atoms with Crippen LogP contribution in [-0.4, -0.2) is 17.9 Å². The quantitative estimate of drug-likeness (QED) is 0.888. The van der Waals surface area contributed by atoms with Gasteiger partial charge in [0.1, 0.15) is 0 Å². The second-order valence-corrected chi connectivity index (χ2v) is 5.83. The second-order valence-electron chi connectivity index (χ2n) is 5.83. The normalized spacial score (nSPS) is 23.3. The van der Waals surface area contributed by atoms with Gasteiger partial charge in [0.15, 0.2) is 0 Å². The summed E-state index contributed by atoms with van der Waals surface area (Å²) < 4.78 is 0. The van der Waals surface area contributed by atoms with Crippen LogP contribution in [0, 0.1) is 11.8 Å². The molecule has 0 heterocycles. The number of nitrogens with two attached hydrogens (primary N) is 1. The van der Waals surface area contributed by atoms with E-state index in [1.807, 2.05) is 0 Å². The second kappa shape index (κ2) is 6.07. The summed E-state index contributed by atoms with van der Waals surface area (Å²) in [5, 5.41) is 3.13. The molecule has 4 nitrogen and oxygen atoms in total. The van der Waals surface area contributed by atoms with Gasteiger partial charge in [-0.1, -0.05) is 20.3 Å². The first-order valence-electron chi connectivity index (χ1n) is 7.19. The van der Waals surface area contributed by atoms with Crippen LogP contribution in [0.4, 0.5) is 0 Å². The lowest BCUT2D eigenvalue weighted by molar-refractivity contribution is 0.0879. The van der Waals surface area contributed by atoms with Gasteiger partial charge in [-0.25, -0.2) is 0 Å². The fourth-order valence-electron chi connectivity index (χ4n) is 2.99. The van der Waals surface area contributed by atoms with E-state index in [9.17, 15) is 9.59 Å². The van der Waals surface area contributed by atoms with E-state index in [4.69, 9.17) is 5.73 Å². The van der Waals surface area contributed by atoms with Crippen molar-refractivity contribution in [3.8, 4) is 0 Å². The van der Waals surface area contributed by atoms with Crippen molar-refractivity contribution >= 4 is 11.8 Å². The van der Waals surface area contributed by atoms with Gasteiger partial charge in [0.05, 0.1) is 0 Å². The maximum atomic E-state index is 12.3. The summed E-state index contributed by atoms with van der Waals surface area (Å²) in [7, 11) is 0. The van der Waals surface area contributed by atoms with Gasteiger partial charge in [0.25, 0.3) is 5.91 Å². The molecule has 0 saturated heterocycles. The van der Waals surface area contributed by atoms with Gasteiger partial charge in [0.2, 0.25) is 5.91 Å². The molecular formula is C16H22N2O2. The van der Waals surface area contributed by atoms with E-state index in [1.165, 1.54) is 6.42 Å². The van der Waals surface area contributed by atoms with E-state index in [0.29, 0.717) is 23.0 Å². The third-order valence-corrected chi connectivity index (χ3v) is 4.27. The van der Waals surface area contributed by atoms with Crippen molar-refractivity contribution in [1.29, 1.82) is 0 Å². The first-order valence-corrected chi connectivity index (χ1v) is 7.19. The number of rotatable bonds is 3. The van der Waals surface area contributed by atoms with Gasteiger partial charge in [0, 0.05) is 17.2 Å². The highest BCUT2D eigenvalue weighted by molar-refractivity contribution is 5.97. The lowest BCUT2D eigenvalue weighted by Crippen LogP contribution is -2.45. The first kappa shape index (κ1) is 14.6. The monoisotopic (exact) mass is 274 g/mol. The third-order valence-electron chi connectivity index (χ3n) is 4.27. The first-order chi connectivity index (χ1) is 9.49. The Balaban J connectivity index is 2.05. The van der Waals surface area contributed by atoms with Gasteiger partial charge < -0.3 is 11.1 Å². The zero-order chi connectivity index (χ0) is 14.7. The minimum atomic E-state index is -0.480. The number of hydrogen-bond donors (Lipinski definition) is 2. The highest BCUT2D eigenvalue weighted by Crippen LogP contribution is 2.29. The lowest BCUT2D eigenvalue weighted by Gasteiger charge is -2.35. The summed E-state index contributed by atoms with van der Waals surface area (Å²) in [5.74, 6) is 0.457. The number of carbonyl (C=O) groups is 2. The molecule has 1 aliphatic carbocycles. The van der Waals surface area contributed by atoms with Crippen molar-refractivity contribution in [3.05, 3.63) is 35.4 Å². The molecule has 2 amide bonds. The van der Waals surface area contributed by atoms with Crippen molar-refractivity contribution in [2.45, 2.75) is 39.2 Å². The third kappa shape index (κ3) is 3.18. The predicted octanol–water partition coefficient (Wildman–Crippen LogP) is 2.34. The smallest absolute Gasteiger partial charge is 0.251 e. The maximum Gasteiger partial charge on any atom is 0.251 e. The molecule has 3 N–H and O–H groups in total. The Morgan fingerprint density at radius 1 is 1.05 bits per heavy atom. The summed E-state index contributed by atoms with van der Waals surface area (Å²) in [4.78, 5) is 23.3. The number of amides is 2. The molecule has 0 radical (unpaired) electrons. The van der Waals surface area contributed by atoms with E-state index in [1.54, 1.807) is 24.3 Å².